The van der Waals surface area contributed by atoms with Gasteiger partial charge in [-0.3, -0.25) is 9.59 Å². The molecule has 3 aromatic rings. The highest BCUT2D eigenvalue weighted by molar-refractivity contribution is 7.99. The molecule has 4 N–H and O–H groups in total. The lowest BCUT2D eigenvalue weighted by molar-refractivity contribution is -0.114. The molecule has 10 heteroatoms. The van der Waals surface area contributed by atoms with E-state index in [-0.39, 0.29) is 17.6 Å². The summed E-state index contributed by atoms with van der Waals surface area (Å²) in [6.07, 6.45) is 0. The summed E-state index contributed by atoms with van der Waals surface area (Å²) in [5.41, 5.74) is 1.62. The van der Waals surface area contributed by atoms with E-state index in [1.807, 2.05) is 0 Å². The number of nitrogens with two attached hydrogens (primary N) is 1. The zero-order valence-electron chi connectivity index (χ0n) is 14.8. The van der Waals surface area contributed by atoms with Crippen LogP contribution < -0.4 is 16.5 Å². The molecule has 144 valence electrons. The van der Waals surface area contributed by atoms with Gasteiger partial charge in [-0.15, -0.1) is 10.2 Å². The van der Waals surface area contributed by atoms with Gasteiger partial charge < -0.3 is 16.5 Å². The minimum absolute atomic E-state index is 0.0445. The van der Waals surface area contributed by atoms with Crippen molar-refractivity contribution < 1.29 is 14.0 Å². The van der Waals surface area contributed by atoms with Crippen LogP contribution in [0, 0.1) is 5.82 Å². The third-order valence-electron chi connectivity index (χ3n) is 3.55. The predicted octanol–water partition coefficient (Wildman–Crippen LogP) is 2.49. The van der Waals surface area contributed by atoms with Crippen LogP contribution in [0.2, 0.25) is 0 Å². The lowest BCUT2D eigenvalue weighted by Gasteiger charge is -2.08. The van der Waals surface area contributed by atoms with Gasteiger partial charge in [0.2, 0.25) is 17.0 Å². The van der Waals surface area contributed by atoms with Crippen LogP contribution in [0.1, 0.15) is 6.92 Å². The van der Waals surface area contributed by atoms with Crippen molar-refractivity contribution in [2.45, 2.75) is 12.1 Å². The van der Waals surface area contributed by atoms with Crippen LogP contribution >= 0.6 is 11.8 Å². The van der Waals surface area contributed by atoms with E-state index in [9.17, 15) is 14.0 Å². The van der Waals surface area contributed by atoms with Crippen molar-refractivity contribution in [2.24, 2.45) is 0 Å². The molecule has 28 heavy (non-hydrogen) atoms. The number of hydrogen-bond acceptors (Lipinski definition) is 6. The zero-order chi connectivity index (χ0) is 20.1. The first kappa shape index (κ1) is 19.4. The summed E-state index contributed by atoms with van der Waals surface area (Å²) in [5.74, 6) is 5.43. The highest BCUT2D eigenvalue weighted by Gasteiger charge is 2.14. The molecule has 0 saturated heterocycles. The Morgan fingerprint density at radius 2 is 1.82 bits per heavy atom. The summed E-state index contributed by atoms with van der Waals surface area (Å²) in [5, 5.41) is 13.6. The molecule has 1 aromatic heterocycles. The molecule has 8 nitrogen and oxygen atoms in total. The highest BCUT2D eigenvalue weighted by Crippen LogP contribution is 2.22. The monoisotopic (exact) mass is 400 g/mol. The second-order valence-corrected chi connectivity index (χ2v) is 6.73. The quantitative estimate of drug-likeness (QED) is 0.433. The van der Waals surface area contributed by atoms with Crippen molar-refractivity contribution in [3.63, 3.8) is 0 Å². The van der Waals surface area contributed by atoms with E-state index in [0.717, 1.165) is 11.8 Å². The Labute approximate surface area is 164 Å². The Kier molecular flexibility index (Phi) is 5.90. The first-order chi connectivity index (χ1) is 13.4. The van der Waals surface area contributed by atoms with E-state index in [4.69, 9.17) is 5.84 Å². The van der Waals surface area contributed by atoms with Crippen molar-refractivity contribution in [2.75, 3.05) is 22.2 Å². The van der Waals surface area contributed by atoms with Gasteiger partial charge in [0.25, 0.3) is 0 Å². The normalized spacial score (nSPS) is 10.5. The van der Waals surface area contributed by atoms with E-state index in [2.05, 4.69) is 20.8 Å². The minimum atomic E-state index is -0.407. The van der Waals surface area contributed by atoms with Crippen LogP contribution in [0.15, 0.2) is 53.7 Å². The van der Waals surface area contributed by atoms with Crippen LogP contribution in [0.3, 0.4) is 0 Å². The van der Waals surface area contributed by atoms with Crippen molar-refractivity contribution in [3.8, 4) is 11.4 Å². The van der Waals surface area contributed by atoms with Crippen LogP contribution in [0.25, 0.3) is 11.4 Å². The number of hydrogen-bond donors (Lipinski definition) is 3. The first-order valence-electron chi connectivity index (χ1n) is 8.19. The Hall–Kier alpha value is -3.40. The molecule has 3 rings (SSSR count). The fourth-order valence-electron chi connectivity index (χ4n) is 2.41. The van der Waals surface area contributed by atoms with Gasteiger partial charge in [0.15, 0.2) is 5.82 Å². The molecule has 0 fully saturated rings. The van der Waals surface area contributed by atoms with Crippen molar-refractivity contribution in [3.05, 3.63) is 54.3 Å². The summed E-state index contributed by atoms with van der Waals surface area (Å²) in [6.45, 7) is 1.41. The van der Waals surface area contributed by atoms with Gasteiger partial charge in [-0.1, -0.05) is 30.0 Å². The van der Waals surface area contributed by atoms with Crippen LogP contribution in [-0.2, 0) is 9.59 Å². The number of carbonyl (C=O) groups is 2. The molecular formula is C18H17FN6O2S. The Balaban J connectivity index is 1.62. The molecule has 0 aliphatic heterocycles. The maximum atomic E-state index is 13.4. The third-order valence-corrected chi connectivity index (χ3v) is 4.49. The maximum Gasteiger partial charge on any atom is 0.234 e. The van der Waals surface area contributed by atoms with Gasteiger partial charge in [-0.05, 0) is 30.3 Å². The molecule has 0 saturated carbocycles. The minimum Gasteiger partial charge on any atom is -0.335 e. The highest BCUT2D eigenvalue weighted by atomic mass is 32.2. The summed E-state index contributed by atoms with van der Waals surface area (Å²) in [6, 6.07) is 12.6. The smallest absolute Gasteiger partial charge is 0.234 e. The molecule has 0 unspecified atom stereocenters. The fourth-order valence-corrected chi connectivity index (χ4v) is 3.06. The SMILES string of the molecule is CC(=O)Nc1cccc(NC(=O)CSc2nnc(-c3cccc(F)c3)n2N)c1. The number of halogens is 1. The molecule has 0 atom stereocenters. The molecule has 1 heterocycles. The summed E-state index contributed by atoms with van der Waals surface area (Å²) < 4.78 is 14.6. The zero-order valence-corrected chi connectivity index (χ0v) is 15.7. The number of aromatic nitrogens is 3. The number of rotatable bonds is 6. The first-order valence-corrected chi connectivity index (χ1v) is 9.17. The van der Waals surface area contributed by atoms with Gasteiger partial charge in [-0.2, -0.15) is 0 Å². The number of nitrogen functional groups attached to an aromatic ring is 1. The van der Waals surface area contributed by atoms with E-state index >= 15 is 0 Å². The molecule has 2 amide bonds. The van der Waals surface area contributed by atoms with E-state index in [1.165, 1.54) is 23.7 Å². The number of benzene rings is 2. The number of nitrogens with zero attached hydrogens (tertiary/aromatic N) is 3. The van der Waals surface area contributed by atoms with E-state index < -0.39 is 5.82 Å². The third kappa shape index (κ3) is 4.86. The summed E-state index contributed by atoms with van der Waals surface area (Å²) >= 11 is 1.10. The van der Waals surface area contributed by atoms with Crippen LogP contribution in [0.5, 0.6) is 0 Å². The lowest BCUT2D eigenvalue weighted by atomic mass is 10.2. The fraction of sp³-hybridized carbons (Fsp3) is 0.111. The maximum absolute atomic E-state index is 13.4. The molecule has 2 aromatic carbocycles. The van der Waals surface area contributed by atoms with Crippen molar-refractivity contribution in [1.29, 1.82) is 0 Å². The number of amides is 2. The number of anilines is 2. The average Bonchev–Trinajstić information content (AvgIpc) is 3.00. The molecular weight excluding hydrogens is 383 g/mol. The predicted molar refractivity (Wildman–Crippen MR) is 106 cm³/mol. The standard InChI is InChI=1S/C18H17FN6O2S/c1-11(26)21-14-6-3-7-15(9-14)22-16(27)10-28-18-24-23-17(25(18)20)12-4-2-5-13(19)8-12/h2-9H,10,20H2,1H3,(H,21,26)(H,22,27). The van der Waals surface area contributed by atoms with E-state index in [0.29, 0.717) is 27.9 Å². The number of thioether (sulfide) groups is 1. The van der Waals surface area contributed by atoms with Gasteiger partial charge >= 0.3 is 0 Å². The Bertz CT molecular complexity index is 1020. The second kappa shape index (κ2) is 8.53. The number of carbonyl (C=O) groups excluding carboxylic acids is 2. The van der Waals surface area contributed by atoms with Crippen LogP contribution in [0.4, 0.5) is 15.8 Å². The molecule has 0 aliphatic carbocycles. The van der Waals surface area contributed by atoms with E-state index in [1.54, 1.807) is 36.4 Å². The van der Waals surface area contributed by atoms with Gasteiger partial charge in [0, 0.05) is 23.9 Å². The topological polar surface area (TPSA) is 115 Å². The summed E-state index contributed by atoms with van der Waals surface area (Å²) in [4.78, 5) is 23.3. The number of nitrogens with one attached hydrogen (secondary N) is 2. The van der Waals surface area contributed by atoms with Crippen molar-refractivity contribution >= 4 is 35.0 Å². The largest absolute Gasteiger partial charge is 0.335 e. The second-order valence-electron chi connectivity index (χ2n) is 5.79. The average molecular weight is 400 g/mol. The lowest BCUT2D eigenvalue weighted by Crippen LogP contribution is -2.16. The molecule has 0 bridgehead atoms. The van der Waals surface area contributed by atoms with Gasteiger partial charge in [0.1, 0.15) is 5.82 Å². The Morgan fingerprint density at radius 3 is 2.54 bits per heavy atom. The molecule has 0 aliphatic rings. The Morgan fingerprint density at radius 1 is 1.11 bits per heavy atom. The molecule has 0 radical (unpaired) electrons. The van der Waals surface area contributed by atoms with Gasteiger partial charge in [0.05, 0.1) is 5.75 Å². The van der Waals surface area contributed by atoms with Crippen LogP contribution in [-0.4, -0.2) is 32.4 Å². The van der Waals surface area contributed by atoms with Crippen molar-refractivity contribution in [1.82, 2.24) is 14.9 Å². The summed E-state index contributed by atoms with van der Waals surface area (Å²) in [7, 11) is 0. The molecule has 0 spiro atoms. The van der Waals surface area contributed by atoms with Gasteiger partial charge in [-0.25, -0.2) is 9.07 Å².